The number of hydrogen-bond acceptors (Lipinski definition) is 4. The summed E-state index contributed by atoms with van der Waals surface area (Å²) in [6.07, 6.45) is 2.02. The molecule has 0 saturated heterocycles. The van der Waals surface area contributed by atoms with Crippen molar-refractivity contribution >= 4 is 5.82 Å². The smallest absolute Gasteiger partial charge is 0.168 e. The molecule has 100 valence electrons. The van der Waals surface area contributed by atoms with Crippen LogP contribution < -0.4 is 10.1 Å². The Labute approximate surface area is 113 Å². The lowest BCUT2D eigenvalue weighted by Crippen LogP contribution is -2.06. The Balaban J connectivity index is 2.08. The maximum absolute atomic E-state index is 5.67. The van der Waals surface area contributed by atoms with Crippen LogP contribution in [0.4, 0.5) is 5.82 Å². The second-order valence-electron chi connectivity index (χ2n) is 4.26. The number of ether oxygens (including phenoxy) is 1. The van der Waals surface area contributed by atoms with Crippen molar-refractivity contribution in [1.29, 1.82) is 0 Å². The summed E-state index contributed by atoms with van der Waals surface area (Å²) in [5.41, 5.74) is 1.05. The molecular weight excluding hydrogens is 238 g/mol. The number of anilines is 1. The van der Waals surface area contributed by atoms with Gasteiger partial charge in [0.2, 0.25) is 0 Å². The number of aromatic nitrogens is 2. The van der Waals surface area contributed by atoms with Crippen LogP contribution in [0, 0.1) is 0 Å². The normalized spacial score (nSPS) is 10.2. The third-order valence-electron chi connectivity index (χ3n) is 2.70. The predicted octanol–water partition coefficient (Wildman–Crippen LogP) is 3.05. The summed E-state index contributed by atoms with van der Waals surface area (Å²) in [5, 5.41) is 3.06. The van der Waals surface area contributed by atoms with Crippen LogP contribution in [0.2, 0.25) is 0 Å². The molecule has 0 unspecified atom stereocenters. The molecule has 2 aromatic rings. The van der Waals surface area contributed by atoms with E-state index in [9.17, 15) is 0 Å². The summed E-state index contributed by atoms with van der Waals surface area (Å²) in [6.45, 7) is 2.53. The number of benzene rings is 1. The first-order chi connectivity index (χ1) is 9.31. The van der Waals surface area contributed by atoms with Crippen LogP contribution in [0.3, 0.4) is 0 Å². The molecule has 0 aliphatic rings. The Kier molecular flexibility index (Phi) is 4.72. The highest BCUT2D eigenvalue weighted by atomic mass is 16.5. The van der Waals surface area contributed by atoms with E-state index < -0.39 is 0 Å². The van der Waals surface area contributed by atoms with Gasteiger partial charge in [0.25, 0.3) is 0 Å². The van der Waals surface area contributed by atoms with Crippen molar-refractivity contribution in [3.05, 3.63) is 47.9 Å². The second kappa shape index (κ2) is 6.73. The molecule has 1 N–H and O–H groups in total. The fourth-order valence-corrected chi connectivity index (χ4v) is 1.79. The lowest BCUT2D eigenvalue weighted by molar-refractivity contribution is 0.295. The van der Waals surface area contributed by atoms with Crippen LogP contribution in [0.5, 0.6) is 5.75 Å². The zero-order valence-corrected chi connectivity index (χ0v) is 11.4. The molecule has 0 aliphatic heterocycles. The third kappa shape index (κ3) is 3.95. The second-order valence-corrected chi connectivity index (χ2v) is 4.26. The quantitative estimate of drug-likeness (QED) is 0.864. The van der Waals surface area contributed by atoms with Crippen LogP contribution in [-0.4, -0.2) is 17.0 Å². The SMILES string of the molecule is CCCc1cc(NC)nc(COc2ccccc2)n1. The summed E-state index contributed by atoms with van der Waals surface area (Å²) in [5.74, 6) is 2.38. The Hall–Kier alpha value is -2.10. The highest BCUT2D eigenvalue weighted by Crippen LogP contribution is 2.12. The van der Waals surface area contributed by atoms with E-state index >= 15 is 0 Å². The minimum Gasteiger partial charge on any atom is -0.486 e. The zero-order valence-electron chi connectivity index (χ0n) is 11.4. The maximum atomic E-state index is 5.67. The van der Waals surface area contributed by atoms with Crippen molar-refractivity contribution in [3.63, 3.8) is 0 Å². The Morgan fingerprint density at radius 1 is 1.16 bits per heavy atom. The van der Waals surface area contributed by atoms with Gasteiger partial charge in [-0.2, -0.15) is 0 Å². The molecule has 0 bridgehead atoms. The molecule has 0 spiro atoms. The highest BCUT2D eigenvalue weighted by molar-refractivity contribution is 5.35. The largest absolute Gasteiger partial charge is 0.486 e. The first-order valence-electron chi connectivity index (χ1n) is 6.54. The fourth-order valence-electron chi connectivity index (χ4n) is 1.79. The van der Waals surface area contributed by atoms with Gasteiger partial charge in [-0.3, -0.25) is 0 Å². The van der Waals surface area contributed by atoms with Crippen molar-refractivity contribution in [3.8, 4) is 5.75 Å². The summed E-state index contributed by atoms with van der Waals surface area (Å²) >= 11 is 0. The molecule has 4 nitrogen and oxygen atoms in total. The van der Waals surface area contributed by atoms with Gasteiger partial charge >= 0.3 is 0 Å². The molecule has 0 atom stereocenters. The van der Waals surface area contributed by atoms with Crippen LogP contribution in [0.1, 0.15) is 24.9 Å². The minimum absolute atomic E-state index is 0.385. The molecule has 1 aromatic carbocycles. The van der Waals surface area contributed by atoms with Crippen molar-refractivity contribution in [2.24, 2.45) is 0 Å². The Morgan fingerprint density at radius 2 is 1.95 bits per heavy atom. The van der Waals surface area contributed by atoms with Gasteiger partial charge in [-0.15, -0.1) is 0 Å². The van der Waals surface area contributed by atoms with Crippen molar-refractivity contribution in [2.45, 2.75) is 26.4 Å². The predicted molar refractivity (Wildman–Crippen MR) is 76.3 cm³/mol. The first kappa shape index (κ1) is 13.3. The summed E-state index contributed by atoms with van der Waals surface area (Å²) < 4.78 is 5.67. The molecular formula is C15H19N3O. The zero-order chi connectivity index (χ0) is 13.5. The number of nitrogens with one attached hydrogen (secondary N) is 1. The number of para-hydroxylation sites is 1. The van der Waals surface area contributed by atoms with Crippen LogP contribution in [0.15, 0.2) is 36.4 Å². The maximum Gasteiger partial charge on any atom is 0.168 e. The van der Waals surface area contributed by atoms with E-state index in [-0.39, 0.29) is 0 Å². The molecule has 0 fully saturated rings. The van der Waals surface area contributed by atoms with Crippen molar-refractivity contribution < 1.29 is 4.74 Å². The Morgan fingerprint density at radius 3 is 2.63 bits per heavy atom. The molecule has 4 heteroatoms. The standard InChI is InChI=1S/C15H19N3O/c1-3-7-12-10-14(16-2)18-15(17-12)11-19-13-8-5-4-6-9-13/h4-6,8-10H,3,7,11H2,1-2H3,(H,16,17,18). The summed E-state index contributed by atoms with van der Waals surface area (Å²) in [7, 11) is 1.86. The molecule has 19 heavy (non-hydrogen) atoms. The van der Waals surface area contributed by atoms with Crippen LogP contribution in [0.25, 0.3) is 0 Å². The third-order valence-corrected chi connectivity index (χ3v) is 2.70. The van der Waals surface area contributed by atoms with E-state index in [0.717, 1.165) is 30.1 Å². The average molecular weight is 257 g/mol. The number of aryl methyl sites for hydroxylation is 1. The first-order valence-corrected chi connectivity index (χ1v) is 6.54. The Bertz CT molecular complexity index is 514. The van der Waals surface area contributed by atoms with Crippen molar-refractivity contribution in [1.82, 2.24) is 9.97 Å². The molecule has 1 heterocycles. The summed E-state index contributed by atoms with van der Waals surface area (Å²) in [4.78, 5) is 8.91. The molecule has 2 rings (SSSR count). The van der Waals surface area contributed by atoms with E-state index in [0.29, 0.717) is 12.4 Å². The molecule has 0 radical (unpaired) electrons. The van der Waals surface area contributed by atoms with E-state index in [2.05, 4.69) is 22.2 Å². The highest BCUT2D eigenvalue weighted by Gasteiger charge is 2.04. The summed E-state index contributed by atoms with van der Waals surface area (Å²) in [6, 6.07) is 11.7. The van der Waals surface area contributed by atoms with E-state index in [1.54, 1.807) is 0 Å². The van der Waals surface area contributed by atoms with E-state index in [1.807, 2.05) is 43.4 Å². The van der Waals surface area contributed by atoms with Crippen LogP contribution >= 0.6 is 0 Å². The monoisotopic (exact) mass is 257 g/mol. The molecule has 0 aliphatic carbocycles. The number of hydrogen-bond donors (Lipinski definition) is 1. The number of nitrogens with zero attached hydrogens (tertiary/aromatic N) is 2. The van der Waals surface area contributed by atoms with E-state index in [4.69, 9.17) is 4.74 Å². The van der Waals surface area contributed by atoms with Gasteiger partial charge in [0.15, 0.2) is 5.82 Å². The molecule has 1 aromatic heterocycles. The minimum atomic E-state index is 0.385. The van der Waals surface area contributed by atoms with E-state index in [1.165, 1.54) is 0 Å². The van der Waals surface area contributed by atoms with Gasteiger partial charge in [0, 0.05) is 18.8 Å². The van der Waals surface area contributed by atoms with Gasteiger partial charge in [0.05, 0.1) is 0 Å². The van der Waals surface area contributed by atoms with Gasteiger partial charge in [-0.05, 0) is 18.6 Å². The van der Waals surface area contributed by atoms with Gasteiger partial charge in [-0.1, -0.05) is 31.5 Å². The average Bonchev–Trinajstić information content (AvgIpc) is 2.46. The lowest BCUT2D eigenvalue weighted by Gasteiger charge is -2.08. The molecule has 0 amide bonds. The number of rotatable bonds is 6. The van der Waals surface area contributed by atoms with Crippen LogP contribution in [-0.2, 0) is 13.0 Å². The van der Waals surface area contributed by atoms with Gasteiger partial charge in [0.1, 0.15) is 18.2 Å². The fraction of sp³-hybridized carbons (Fsp3) is 0.333. The van der Waals surface area contributed by atoms with Gasteiger partial charge < -0.3 is 10.1 Å². The van der Waals surface area contributed by atoms with Gasteiger partial charge in [-0.25, -0.2) is 9.97 Å². The topological polar surface area (TPSA) is 47.0 Å². The van der Waals surface area contributed by atoms with Crippen molar-refractivity contribution in [2.75, 3.05) is 12.4 Å². The molecule has 0 saturated carbocycles. The lowest BCUT2D eigenvalue weighted by atomic mass is 10.2.